The molecule has 1 N–H and O–H groups in total. The number of hydrogen-bond acceptors (Lipinski definition) is 4. The number of hydrogen-bond donors (Lipinski definition) is 1. The van der Waals surface area contributed by atoms with Crippen LogP contribution in [0.4, 0.5) is 0 Å². The van der Waals surface area contributed by atoms with E-state index in [4.69, 9.17) is 9.47 Å². The molecule has 170 valence electrons. The first-order valence-corrected chi connectivity index (χ1v) is 11.1. The second-order valence-electron chi connectivity index (χ2n) is 8.02. The first kappa shape index (κ1) is 22.4. The number of piperidine rings is 1. The van der Waals surface area contributed by atoms with Crippen LogP contribution in [0.2, 0.25) is 0 Å². The summed E-state index contributed by atoms with van der Waals surface area (Å²) in [5.74, 6) is 1.22. The van der Waals surface area contributed by atoms with Gasteiger partial charge in [-0.1, -0.05) is 42.5 Å². The number of rotatable bonds is 6. The molecule has 1 heterocycles. The number of amides is 2. The average molecular weight is 445 g/mol. The van der Waals surface area contributed by atoms with Gasteiger partial charge in [0, 0.05) is 30.3 Å². The summed E-state index contributed by atoms with van der Waals surface area (Å²) in [7, 11) is 3.21. The van der Waals surface area contributed by atoms with Gasteiger partial charge in [-0.3, -0.25) is 9.59 Å². The lowest BCUT2D eigenvalue weighted by atomic mass is 10.0. The standard InChI is InChI=1S/C27H28N2O4/c1-32-24-9-5-3-7-22(24)19-11-13-20(14-12-19)27(31)29-17-15-21(16-18-29)28-26(30)23-8-4-6-10-25(23)33-2/h3-14,21H,15-18H2,1-2H3,(H,28,30). The Kier molecular flexibility index (Phi) is 6.93. The molecule has 33 heavy (non-hydrogen) atoms. The van der Waals surface area contributed by atoms with Crippen molar-refractivity contribution in [2.24, 2.45) is 0 Å². The molecule has 0 atom stereocenters. The lowest BCUT2D eigenvalue weighted by molar-refractivity contribution is 0.0698. The van der Waals surface area contributed by atoms with Crippen molar-refractivity contribution < 1.29 is 19.1 Å². The summed E-state index contributed by atoms with van der Waals surface area (Å²) < 4.78 is 10.7. The molecule has 6 nitrogen and oxygen atoms in total. The average Bonchev–Trinajstić information content (AvgIpc) is 2.88. The van der Waals surface area contributed by atoms with Crippen molar-refractivity contribution in [3.05, 3.63) is 83.9 Å². The highest BCUT2D eigenvalue weighted by atomic mass is 16.5. The van der Waals surface area contributed by atoms with Gasteiger partial charge < -0.3 is 19.7 Å². The largest absolute Gasteiger partial charge is 0.496 e. The first-order chi connectivity index (χ1) is 16.1. The van der Waals surface area contributed by atoms with E-state index in [0.717, 1.165) is 16.9 Å². The molecule has 0 bridgehead atoms. The predicted molar refractivity (Wildman–Crippen MR) is 128 cm³/mol. The zero-order valence-corrected chi connectivity index (χ0v) is 18.9. The molecule has 1 aliphatic heterocycles. The minimum atomic E-state index is -0.149. The lowest BCUT2D eigenvalue weighted by Gasteiger charge is -2.32. The lowest BCUT2D eigenvalue weighted by Crippen LogP contribution is -2.46. The molecule has 3 aromatic carbocycles. The summed E-state index contributed by atoms with van der Waals surface area (Å²) in [6.45, 7) is 1.20. The van der Waals surface area contributed by atoms with E-state index in [2.05, 4.69) is 5.32 Å². The topological polar surface area (TPSA) is 67.9 Å². The van der Waals surface area contributed by atoms with Crippen molar-refractivity contribution >= 4 is 11.8 Å². The van der Waals surface area contributed by atoms with Crippen LogP contribution >= 0.6 is 0 Å². The van der Waals surface area contributed by atoms with E-state index in [0.29, 0.717) is 42.8 Å². The van der Waals surface area contributed by atoms with Crippen LogP contribution in [0.25, 0.3) is 11.1 Å². The van der Waals surface area contributed by atoms with E-state index in [1.807, 2.05) is 65.6 Å². The summed E-state index contributed by atoms with van der Waals surface area (Å²) in [6.07, 6.45) is 1.43. The minimum Gasteiger partial charge on any atom is -0.496 e. The first-order valence-electron chi connectivity index (χ1n) is 11.1. The molecule has 1 aliphatic rings. The van der Waals surface area contributed by atoms with E-state index in [-0.39, 0.29) is 17.9 Å². The Labute approximate surface area is 194 Å². The van der Waals surface area contributed by atoms with E-state index in [1.54, 1.807) is 26.4 Å². The Morgan fingerprint density at radius 2 is 1.42 bits per heavy atom. The van der Waals surface area contributed by atoms with Crippen molar-refractivity contribution in [2.45, 2.75) is 18.9 Å². The maximum atomic E-state index is 13.0. The van der Waals surface area contributed by atoms with Gasteiger partial charge in [0.15, 0.2) is 0 Å². The van der Waals surface area contributed by atoms with Crippen molar-refractivity contribution in [2.75, 3.05) is 27.3 Å². The Morgan fingerprint density at radius 3 is 2.09 bits per heavy atom. The number of likely N-dealkylation sites (tertiary alicyclic amines) is 1. The molecule has 0 aromatic heterocycles. The maximum absolute atomic E-state index is 13.0. The Morgan fingerprint density at radius 1 is 0.818 bits per heavy atom. The van der Waals surface area contributed by atoms with E-state index < -0.39 is 0 Å². The molecule has 4 rings (SSSR count). The summed E-state index contributed by atoms with van der Waals surface area (Å²) in [4.78, 5) is 27.5. The fraction of sp³-hybridized carbons (Fsp3) is 0.259. The van der Waals surface area contributed by atoms with Crippen molar-refractivity contribution in [3.63, 3.8) is 0 Å². The van der Waals surface area contributed by atoms with Gasteiger partial charge >= 0.3 is 0 Å². The molecule has 3 aromatic rings. The van der Waals surface area contributed by atoms with Crippen LogP contribution in [-0.2, 0) is 0 Å². The molecular formula is C27H28N2O4. The molecular weight excluding hydrogens is 416 g/mol. The van der Waals surface area contributed by atoms with Crippen molar-refractivity contribution in [1.82, 2.24) is 10.2 Å². The number of nitrogens with one attached hydrogen (secondary N) is 1. The Bertz CT molecular complexity index is 1120. The van der Waals surface area contributed by atoms with Crippen LogP contribution < -0.4 is 14.8 Å². The fourth-order valence-corrected chi connectivity index (χ4v) is 4.18. The zero-order chi connectivity index (χ0) is 23.2. The third-order valence-corrected chi connectivity index (χ3v) is 6.02. The second-order valence-corrected chi connectivity index (χ2v) is 8.02. The molecule has 1 fully saturated rings. The number of ether oxygens (including phenoxy) is 2. The molecule has 0 radical (unpaired) electrons. The smallest absolute Gasteiger partial charge is 0.255 e. The molecule has 0 saturated carbocycles. The maximum Gasteiger partial charge on any atom is 0.255 e. The van der Waals surface area contributed by atoms with E-state index in [1.165, 1.54) is 0 Å². The summed E-state index contributed by atoms with van der Waals surface area (Å²) >= 11 is 0. The van der Waals surface area contributed by atoms with Gasteiger partial charge in [-0.05, 0) is 48.7 Å². The highest BCUT2D eigenvalue weighted by Crippen LogP contribution is 2.30. The number of para-hydroxylation sites is 2. The Balaban J connectivity index is 1.35. The van der Waals surface area contributed by atoms with Gasteiger partial charge in [0.2, 0.25) is 0 Å². The summed E-state index contributed by atoms with van der Waals surface area (Å²) in [5, 5.41) is 3.08. The molecule has 6 heteroatoms. The number of carbonyl (C=O) groups is 2. The SMILES string of the molecule is COc1ccccc1C(=O)NC1CCN(C(=O)c2ccc(-c3ccccc3OC)cc2)CC1. The minimum absolute atomic E-state index is 0.0103. The molecule has 0 spiro atoms. The number of carbonyl (C=O) groups excluding carboxylic acids is 2. The van der Waals surface area contributed by atoms with Crippen molar-refractivity contribution in [1.29, 1.82) is 0 Å². The predicted octanol–water partition coefficient (Wildman–Crippen LogP) is 4.41. The third-order valence-electron chi connectivity index (χ3n) is 6.02. The quantitative estimate of drug-likeness (QED) is 0.612. The van der Waals surface area contributed by atoms with Crippen LogP contribution in [0.5, 0.6) is 11.5 Å². The molecule has 1 saturated heterocycles. The van der Waals surface area contributed by atoms with Gasteiger partial charge in [-0.15, -0.1) is 0 Å². The van der Waals surface area contributed by atoms with Crippen LogP contribution in [0.15, 0.2) is 72.8 Å². The highest BCUT2D eigenvalue weighted by Gasteiger charge is 2.25. The summed E-state index contributed by atoms with van der Waals surface area (Å²) in [6, 6.07) is 22.6. The van der Waals surface area contributed by atoms with Crippen molar-refractivity contribution in [3.8, 4) is 22.6 Å². The van der Waals surface area contributed by atoms with Gasteiger partial charge in [0.05, 0.1) is 19.8 Å². The number of nitrogens with zero attached hydrogens (tertiary/aromatic N) is 1. The van der Waals surface area contributed by atoms with Gasteiger partial charge in [-0.25, -0.2) is 0 Å². The number of benzene rings is 3. The van der Waals surface area contributed by atoms with Gasteiger partial charge in [0.25, 0.3) is 11.8 Å². The highest BCUT2D eigenvalue weighted by molar-refractivity contribution is 5.97. The van der Waals surface area contributed by atoms with Gasteiger partial charge in [0.1, 0.15) is 11.5 Å². The summed E-state index contributed by atoms with van der Waals surface area (Å²) in [5.41, 5.74) is 3.17. The monoisotopic (exact) mass is 444 g/mol. The zero-order valence-electron chi connectivity index (χ0n) is 18.9. The number of methoxy groups -OCH3 is 2. The molecule has 2 amide bonds. The van der Waals surface area contributed by atoms with E-state index >= 15 is 0 Å². The van der Waals surface area contributed by atoms with Crippen LogP contribution in [0, 0.1) is 0 Å². The normalized spacial score (nSPS) is 13.9. The molecule has 0 unspecified atom stereocenters. The van der Waals surface area contributed by atoms with Crippen LogP contribution in [-0.4, -0.2) is 50.1 Å². The van der Waals surface area contributed by atoms with Gasteiger partial charge in [-0.2, -0.15) is 0 Å². The second kappa shape index (κ2) is 10.2. The van der Waals surface area contributed by atoms with Crippen LogP contribution in [0.3, 0.4) is 0 Å². The Hall–Kier alpha value is -3.80. The van der Waals surface area contributed by atoms with Crippen LogP contribution in [0.1, 0.15) is 33.6 Å². The fourth-order valence-electron chi connectivity index (χ4n) is 4.18. The third kappa shape index (κ3) is 5.00. The van der Waals surface area contributed by atoms with E-state index in [9.17, 15) is 9.59 Å². The molecule has 0 aliphatic carbocycles.